The molecule has 0 aliphatic carbocycles. The average molecular weight is 256 g/mol. The first-order valence-electron chi connectivity index (χ1n) is 6.20. The molecule has 0 aromatic heterocycles. The summed E-state index contributed by atoms with van der Waals surface area (Å²) in [5.41, 5.74) is 2.98. The Morgan fingerprint density at radius 3 is 2.58 bits per heavy atom. The van der Waals surface area contributed by atoms with Crippen LogP contribution in [0.25, 0.3) is 0 Å². The SMILES string of the molecule is CCc1ccccc1/[C]=N\OCc1ccc(F)cc1. The summed E-state index contributed by atoms with van der Waals surface area (Å²) < 4.78 is 12.7. The lowest BCUT2D eigenvalue weighted by Gasteiger charge is -2.01. The summed E-state index contributed by atoms with van der Waals surface area (Å²) in [7, 11) is 0. The van der Waals surface area contributed by atoms with E-state index in [2.05, 4.69) is 18.3 Å². The van der Waals surface area contributed by atoms with Gasteiger partial charge in [-0.05, 0) is 29.7 Å². The van der Waals surface area contributed by atoms with E-state index >= 15 is 0 Å². The van der Waals surface area contributed by atoms with E-state index in [0.29, 0.717) is 6.61 Å². The van der Waals surface area contributed by atoms with E-state index in [4.69, 9.17) is 4.84 Å². The minimum Gasteiger partial charge on any atom is -0.390 e. The van der Waals surface area contributed by atoms with Crippen LogP contribution in [-0.2, 0) is 17.9 Å². The zero-order chi connectivity index (χ0) is 13.5. The van der Waals surface area contributed by atoms with Gasteiger partial charge >= 0.3 is 0 Å². The molecule has 0 atom stereocenters. The summed E-state index contributed by atoms with van der Waals surface area (Å²) in [6, 6.07) is 14.1. The molecular weight excluding hydrogens is 241 g/mol. The second-order valence-electron chi connectivity index (χ2n) is 4.11. The number of nitrogens with zero attached hydrogens (tertiary/aromatic N) is 1. The summed E-state index contributed by atoms with van der Waals surface area (Å²) in [4.78, 5) is 5.15. The van der Waals surface area contributed by atoms with E-state index in [-0.39, 0.29) is 5.82 Å². The maximum atomic E-state index is 12.7. The third-order valence-corrected chi connectivity index (χ3v) is 2.77. The molecule has 0 bridgehead atoms. The van der Waals surface area contributed by atoms with Crippen LogP contribution in [-0.4, -0.2) is 6.21 Å². The molecule has 0 aliphatic rings. The number of aryl methyl sites for hydroxylation is 1. The van der Waals surface area contributed by atoms with Crippen LogP contribution >= 0.6 is 0 Å². The van der Waals surface area contributed by atoms with Gasteiger partial charge in [0.1, 0.15) is 18.6 Å². The minimum atomic E-state index is -0.254. The summed E-state index contributed by atoms with van der Waals surface area (Å²) in [5, 5.41) is 3.82. The van der Waals surface area contributed by atoms with E-state index in [0.717, 1.165) is 17.5 Å². The molecule has 2 rings (SSSR count). The number of hydrogen-bond donors (Lipinski definition) is 0. The maximum Gasteiger partial charge on any atom is 0.142 e. The van der Waals surface area contributed by atoms with Crippen molar-refractivity contribution in [2.75, 3.05) is 0 Å². The molecule has 19 heavy (non-hydrogen) atoms. The van der Waals surface area contributed by atoms with E-state index in [1.807, 2.05) is 24.3 Å². The zero-order valence-electron chi connectivity index (χ0n) is 10.8. The molecule has 0 saturated carbocycles. The zero-order valence-corrected chi connectivity index (χ0v) is 10.8. The Balaban J connectivity index is 1.91. The molecule has 0 aliphatic heterocycles. The Morgan fingerprint density at radius 2 is 1.84 bits per heavy atom. The smallest absolute Gasteiger partial charge is 0.142 e. The molecule has 1 radical (unpaired) electrons. The van der Waals surface area contributed by atoms with Crippen molar-refractivity contribution in [3.05, 3.63) is 71.0 Å². The van der Waals surface area contributed by atoms with Gasteiger partial charge in [0.25, 0.3) is 0 Å². The molecule has 97 valence electrons. The van der Waals surface area contributed by atoms with Gasteiger partial charge in [-0.2, -0.15) is 0 Å². The molecule has 2 aromatic carbocycles. The standard InChI is InChI=1S/C16H15FNO/c1-2-14-5-3-4-6-15(14)11-18-19-12-13-7-9-16(17)10-8-13/h3-10H,2,12H2,1H3. The topological polar surface area (TPSA) is 21.6 Å². The molecule has 0 unspecified atom stereocenters. The van der Waals surface area contributed by atoms with E-state index < -0.39 is 0 Å². The van der Waals surface area contributed by atoms with E-state index in [9.17, 15) is 4.39 Å². The van der Waals surface area contributed by atoms with Crippen LogP contribution in [0, 0.1) is 5.82 Å². The predicted molar refractivity (Wildman–Crippen MR) is 73.5 cm³/mol. The quantitative estimate of drug-likeness (QED) is 0.588. The van der Waals surface area contributed by atoms with Crippen molar-refractivity contribution in [3.63, 3.8) is 0 Å². The molecule has 3 heteroatoms. The highest BCUT2D eigenvalue weighted by Gasteiger charge is 1.97. The van der Waals surface area contributed by atoms with Crippen LogP contribution in [0.3, 0.4) is 0 Å². The van der Waals surface area contributed by atoms with Crippen molar-refractivity contribution in [1.29, 1.82) is 0 Å². The van der Waals surface area contributed by atoms with Gasteiger partial charge < -0.3 is 4.84 Å². The molecule has 0 amide bonds. The number of halogens is 1. The maximum absolute atomic E-state index is 12.7. The highest BCUT2D eigenvalue weighted by Crippen LogP contribution is 2.07. The first kappa shape index (κ1) is 13.3. The molecule has 2 aromatic rings. The van der Waals surface area contributed by atoms with Crippen molar-refractivity contribution < 1.29 is 9.23 Å². The normalized spacial score (nSPS) is 10.8. The van der Waals surface area contributed by atoms with Gasteiger partial charge in [0.05, 0.1) is 0 Å². The van der Waals surface area contributed by atoms with Crippen LogP contribution in [0.15, 0.2) is 53.7 Å². The third-order valence-electron chi connectivity index (χ3n) is 2.77. The van der Waals surface area contributed by atoms with Crippen LogP contribution in [0.4, 0.5) is 4.39 Å². The minimum absolute atomic E-state index is 0.254. The Kier molecular flexibility index (Phi) is 4.67. The summed E-state index contributed by atoms with van der Waals surface area (Å²) in [6.45, 7) is 2.39. The molecular formula is C16H15FNO. The van der Waals surface area contributed by atoms with Crippen LogP contribution in [0.1, 0.15) is 23.6 Å². The first-order valence-corrected chi connectivity index (χ1v) is 6.20. The second kappa shape index (κ2) is 6.69. The molecule has 0 spiro atoms. The predicted octanol–water partition coefficient (Wildman–Crippen LogP) is 3.82. The molecule has 0 heterocycles. The van der Waals surface area contributed by atoms with E-state index in [1.54, 1.807) is 12.1 Å². The number of benzene rings is 2. The fourth-order valence-corrected chi connectivity index (χ4v) is 1.71. The lowest BCUT2D eigenvalue weighted by Crippen LogP contribution is -1.92. The van der Waals surface area contributed by atoms with Crippen LogP contribution in [0.5, 0.6) is 0 Å². The van der Waals surface area contributed by atoms with Crippen molar-refractivity contribution in [1.82, 2.24) is 0 Å². The van der Waals surface area contributed by atoms with Gasteiger partial charge in [-0.3, -0.25) is 0 Å². The van der Waals surface area contributed by atoms with Gasteiger partial charge in [0, 0.05) is 5.56 Å². The van der Waals surface area contributed by atoms with Crippen molar-refractivity contribution in [2.45, 2.75) is 20.0 Å². The van der Waals surface area contributed by atoms with Gasteiger partial charge in [0.15, 0.2) is 0 Å². The lowest BCUT2D eigenvalue weighted by molar-refractivity contribution is 0.132. The van der Waals surface area contributed by atoms with Crippen molar-refractivity contribution in [3.8, 4) is 0 Å². The van der Waals surface area contributed by atoms with Crippen LogP contribution in [0.2, 0.25) is 0 Å². The monoisotopic (exact) mass is 256 g/mol. The van der Waals surface area contributed by atoms with Gasteiger partial charge in [0.2, 0.25) is 0 Å². The molecule has 0 N–H and O–H groups in total. The summed E-state index contributed by atoms with van der Waals surface area (Å²) in [5.74, 6) is -0.254. The van der Waals surface area contributed by atoms with Crippen molar-refractivity contribution >= 4 is 6.21 Å². The second-order valence-corrected chi connectivity index (χ2v) is 4.11. The largest absolute Gasteiger partial charge is 0.390 e. The highest BCUT2D eigenvalue weighted by atomic mass is 19.1. The lowest BCUT2D eigenvalue weighted by atomic mass is 10.1. The third kappa shape index (κ3) is 3.91. The average Bonchev–Trinajstić information content (AvgIpc) is 2.46. The molecule has 0 saturated heterocycles. The fourth-order valence-electron chi connectivity index (χ4n) is 1.71. The van der Waals surface area contributed by atoms with Crippen LogP contribution < -0.4 is 0 Å². The molecule has 0 fully saturated rings. The van der Waals surface area contributed by atoms with Gasteiger partial charge in [-0.1, -0.05) is 48.5 Å². The van der Waals surface area contributed by atoms with Gasteiger partial charge in [-0.15, -0.1) is 0 Å². The Labute approximate surface area is 112 Å². The first-order chi connectivity index (χ1) is 9.29. The Hall–Kier alpha value is -2.16. The summed E-state index contributed by atoms with van der Waals surface area (Å²) >= 11 is 0. The molecule has 2 nitrogen and oxygen atoms in total. The van der Waals surface area contributed by atoms with Gasteiger partial charge in [-0.25, -0.2) is 4.39 Å². The number of rotatable bonds is 5. The highest BCUT2D eigenvalue weighted by molar-refractivity contribution is 5.81. The summed E-state index contributed by atoms with van der Waals surface area (Å²) in [6.07, 6.45) is 3.80. The van der Waals surface area contributed by atoms with E-state index in [1.165, 1.54) is 17.7 Å². The van der Waals surface area contributed by atoms with Crippen molar-refractivity contribution in [2.24, 2.45) is 5.16 Å². The Morgan fingerprint density at radius 1 is 1.11 bits per heavy atom. The number of hydrogen-bond acceptors (Lipinski definition) is 2. The Bertz CT molecular complexity index is 549. The fraction of sp³-hybridized carbons (Fsp3) is 0.188.